The lowest BCUT2D eigenvalue weighted by molar-refractivity contribution is -0.0796. The second-order valence-corrected chi connectivity index (χ2v) is 7.09. The molecule has 1 saturated carbocycles. The second-order valence-electron chi connectivity index (χ2n) is 7.09. The monoisotopic (exact) mass is 280 g/mol. The summed E-state index contributed by atoms with van der Waals surface area (Å²) < 4.78 is 6.29. The highest BCUT2D eigenvalue weighted by Gasteiger charge is 2.40. The van der Waals surface area contributed by atoms with Crippen LogP contribution in [-0.2, 0) is 4.74 Å². The normalized spacial score (nSPS) is 40.5. The van der Waals surface area contributed by atoms with Crippen molar-refractivity contribution in [1.29, 1.82) is 0 Å². The van der Waals surface area contributed by atoms with E-state index in [2.05, 4.69) is 24.2 Å². The van der Waals surface area contributed by atoms with Crippen LogP contribution in [0.15, 0.2) is 0 Å². The molecule has 0 spiro atoms. The number of nitrogens with one attached hydrogen (secondary N) is 1. The van der Waals surface area contributed by atoms with Gasteiger partial charge in [0.05, 0.1) is 12.7 Å². The molecule has 3 heteroatoms. The Hall–Kier alpha value is -0.120. The van der Waals surface area contributed by atoms with Crippen molar-refractivity contribution in [3.63, 3.8) is 0 Å². The van der Waals surface area contributed by atoms with Crippen LogP contribution < -0.4 is 5.32 Å². The molecule has 0 aromatic heterocycles. The summed E-state index contributed by atoms with van der Waals surface area (Å²) in [7, 11) is 2.14. The summed E-state index contributed by atoms with van der Waals surface area (Å²) in [5.74, 6) is 1.73. The standard InChI is InChI=1S/C17H32N2O/c1-3-13-7-4-5-9-15(13)17(18-2)16-11-19-10-6-8-14(19)12-20-16/h13-18H,3-12H2,1-2H3. The summed E-state index contributed by atoms with van der Waals surface area (Å²) in [5, 5.41) is 3.63. The maximum atomic E-state index is 6.29. The van der Waals surface area contributed by atoms with Crippen LogP contribution in [0.3, 0.4) is 0 Å². The van der Waals surface area contributed by atoms with Crippen molar-refractivity contribution in [2.45, 2.75) is 70.1 Å². The van der Waals surface area contributed by atoms with Gasteiger partial charge in [0.2, 0.25) is 0 Å². The van der Waals surface area contributed by atoms with Gasteiger partial charge in [0.25, 0.3) is 0 Å². The Morgan fingerprint density at radius 3 is 2.85 bits per heavy atom. The zero-order valence-electron chi connectivity index (χ0n) is 13.3. The molecule has 3 aliphatic rings. The van der Waals surface area contributed by atoms with Crippen molar-refractivity contribution < 1.29 is 4.74 Å². The minimum Gasteiger partial charge on any atom is -0.374 e. The van der Waals surface area contributed by atoms with Gasteiger partial charge in [-0.25, -0.2) is 0 Å². The predicted molar refractivity (Wildman–Crippen MR) is 82.9 cm³/mol. The average molecular weight is 280 g/mol. The summed E-state index contributed by atoms with van der Waals surface area (Å²) in [6.45, 7) is 5.78. The molecule has 2 saturated heterocycles. The third-order valence-corrected chi connectivity index (χ3v) is 6.10. The van der Waals surface area contributed by atoms with Crippen molar-refractivity contribution >= 4 is 0 Å². The Labute approximate surface area is 124 Å². The number of rotatable bonds is 4. The number of hydrogen-bond acceptors (Lipinski definition) is 3. The number of ether oxygens (including phenoxy) is 1. The molecule has 0 aromatic rings. The first kappa shape index (κ1) is 14.8. The summed E-state index contributed by atoms with van der Waals surface area (Å²) >= 11 is 0. The molecule has 116 valence electrons. The van der Waals surface area contributed by atoms with Gasteiger partial charge in [-0.2, -0.15) is 0 Å². The molecule has 1 aliphatic carbocycles. The van der Waals surface area contributed by atoms with E-state index in [4.69, 9.17) is 4.74 Å². The van der Waals surface area contributed by atoms with Gasteiger partial charge in [0, 0.05) is 18.6 Å². The molecule has 0 amide bonds. The Balaban J connectivity index is 1.65. The molecule has 2 heterocycles. The third-order valence-electron chi connectivity index (χ3n) is 6.10. The largest absolute Gasteiger partial charge is 0.374 e. The average Bonchev–Trinajstić information content (AvgIpc) is 2.96. The first-order chi connectivity index (χ1) is 9.83. The van der Waals surface area contributed by atoms with Crippen LogP contribution in [0, 0.1) is 11.8 Å². The zero-order valence-corrected chi connectivity index (χ0v) is 13.3. The molecule has 3 fully saturated rings. The number of likely N-dealkylation sites (N-methyl/N-ethyl adjacent to an activating group) is 1. The van der Waals surface area contributed by atoms with Crippen LogP contribution in [0.25, 0.3) is 0 Å². The van der Waals surface area contributed by atoms with Crippen LogP contribution in [0.5, 0.6) is 0 Å². The maximum absolute atomic E-state index is 6.29. The molecule has 20 heavy (non-hydrogen) atoms. The highest BCUT2D eigenvalue weighted by molar-refractivity contribution is 4.94. The van der Waals surface area contributed by atoms with E-state index in [0.717, 1.165) is 31.0 Å². The fourth-order valence-corrected chi connectivity index (χ4v) is 4.95. The van der Waals surface area contributed by atoms with Crippen LogP contribution >= 0.6 is 0 Å². The first-order valence-electron chi connectivity index (χ1n) is 8.86. The van der Waals surface area contributed by atoms with Crippen molar-refractivity contribution in [3.8, 4) is 0 Å². The quantitative estimate of drug-likeness (QED) is 0.857. The molecule has 3 rings (SSSR count). The van der Waals surface area contributed by atoms with Crippen molar-refractivity contribution in [3.05, 3.63) is 0 Å². The third kappa shape index (κ3) is 2.90. The van der Waals surface area contributed by atoms with Gasteiger partial charge >= 0.3 is 0 Å². The highest BCUT2D eigenvalue weighted by Crippen LogP contribution is 2.37. The molecular weight excluding hydrogens is 248 g/mol. The topological polar surface area (TPSA) is 24.5 Å². The smallest absolute Gasteiger partial charge is 0.0858 e. The lowest BCUT2D eigenvalue weighted by Gasteiger charge is -2.44. The second kappa shape index (κ2) is 6.76. The fourth-order valence-electron chi connectivity index (χ4n) is 4.95. The van der Waals surface area contributed by atoms with Gasteiger partial charge in [-0.15, -0.1) is 0 Å². The van der Waals surface area contributed by atoms with Crippen LogP contribution in [0.2, 0.25) is 0 Å². The summed E-state index contributed by atoms with van der Waals surface area (Å²) in [5.41, 5.74) is 0. The Kier molecular flexibility index (Phi) is 5.00. The number of fused-ring (bicyclic) bond motifs is 1. The van der Waals surface area contributed by atoms with E-state index in [1.165, 1.54) is 51.5 Å². The Morgan fingerprint density at radius 1 is 1.20 bits per heavy atom. The Bertz CT molecular complexity index is 309. The van der Waals surface area contributed by atoms with Gasteiger partial charge in [-0.3, -0.25) is 4.90 Å². The van der Waals surface area contributed by atoms with Crippen LogP contribution in [0.4, 0.5) is 0 Å². The predicted octanol–water partition coefficient (Wildman–Crippen LogP) is 2.65. The van der Waals surface area contributed by atoms with E-state index in [1.807, 2.05) is 0 Å². The molecule has 5 atom stereocenters. The summed E-state index contributed by atoms with van der Waals surface area (Å²) in [6.07, 6.45) is 10.1. The van der Waals surface area contributed by atoms with E-state index in [1.54, 1.807) is 0 Å². The highest BCUT2D eigenvalue weighted by atomic mass is 16.5. The van der Waals surface area contributed by atoms with Gasteiger partial charge in [0.1, 0.15) is 0 Å². The molecule has 2 aliphatic heterocycles. The molecule has 0 bridgehead atoms. The molecule has 1 N–H and O–H groups in total. The molecular formula is C17H32N2O. The van der Waals surface area contributed by atoms with Crippen molar-refractivity contribution in [2.75, 3.05) is 26.7 Å². The minimum absolute atomic E-state index is 0.409. The fraction of sp³-hybridized carbons (Fsp3) is 1.00. The maximum Gasteiger partial charge on any atom is 0.0858 e. The molecule has 5 unspecified atom stereocenters. The lowest BCUT2D eigenvalue weighted by Crippen LogP contribution is -2.57. The van der Waals surface area contributed by atoms with Crippen molar-refractivity contribution in [1.82, 2.24) is 10.2 Å². The number of nitrogens with zero attached hydrogens (tertiary/aromatic N) is 1. The van der Waals surface area contributed by atoms with E-state index in [0.29, 0.717) is 12.1 Å². The van der Waals surface area contributed by atoms with E-state index >= 15 is 0 Å². The molecule has 3 nitrogen and oxygen atoms in total. The molecule has 0 aromatic carbocycles. The minimum atomic E-state index is 0.409. The SMILES string of the molecule is CCC1CCCCC1C(NC)C1CN2CCCC2CO1. The van der Waals surface area contributed by atoms with Gasteiger partial charge < -0.3 is 10.1 Å². The van der Waals surface area contributed by atoms with Crippen molar-refractivity contribution in [2.24, 2.45) is 11.8 Å². The summed E-state index contributed by atoms with van der Waals surface area (Å²) in [4.78, 5) is 2.68. The van der Waals surface area contributed by atoms with Crippen LogP contribution in [-0.4, -0.2) is 49.8 Å². The van der Waals surface area contributed by atoms with Gasteiger partial charge in [-0.05, 0) is 44.7 Å². The number of morpholine rings is 1. The van der Waals surface area contributed by atoms with E-state index < -0.39 is 0 Å². The number of hydrogen-bond donors (Lipinski definition) is 1. The van der Waals surface area contributed by atoms with Gasteiger partial charge in [0.15, 0.2) is 0 Å². The molecule has 0 radical (unpaired) electrons. The first-order valence-corrected chi connectivity index (χ1v) is 8.86. The van der Waals surface area contributed by atoms with E-state index in [-0.39, 0.29) is 0 Å². The summed E-state index contributed by atoms with van der Waals surface area (Å²) in [6, 6.07) is 1.28. The van der Waals surface area contributed by atoms with E-state index in [9.17, 15) is 0 Å². The lowest BCUT2D eigenvalue weighted by atomic mass is 9.72. The Morgan fingerprint density at radius 2 is 2.05 bits per heavy atom. The van der Waals surface area contributed by atoms with Crippen LogP contribution in [0.1, 0.15) is 51.9 Å². The van der Waals surface area contributed by atoms with Gasteiger partial charge in [-0.1, -0.05) is 32.6 Å². The zero-order chi connectivity index (χ0) is 13.9.